The first-order valence-electron chi connectivity index (χ1n) is 6.89. The molecule has 0 aliphatic carbocycles. The van der Waals surface area contributed by atoms with E-state index in [4.69, 9.17) is 0 Å². The number of hydrogen-bond acceptors (Lipinski definition) is 2. The maximum atomic E-state index is 12.4. The van der Waals surface area contributed by atoms with Crippen LogP contribution in [0.1, 0.15) is 44.6 Å². The van der Waals surface area contributed by atoms with Crippen LogP contribution in [-0.2, 0) is 4.79 Å². The largest absolute Gasteiger partial charge is 0.385 e. The van der Waals surface area contributed by atoms with E-state index in [0.29, 0.717) is 6.04 Å². The Morgan fingerprint density at radius 1 is 1.39 bits per heavy atom. The van der Waals surface area contributed by atoms with Gasteiger partial charge in [0.25, 0.3) is 0 Å². The zero-order valence-electron chi connectivity index (χ0n) is 11.2. The van der Waals surface area contributed by atoms with Crippen molar-refractivity contribution in [1.82, 2.24) is 5.32 Å². The number of hydrogen-bond donors (Lipinski definition) is 2. The van der Waals surface area contributed by atoms with Crippen molar-refractivity contribution in [3.8, 4) is 0 Å². The summed E-state index contributed by atoms with van der Waals surface area (Å²) in [6, 6.07) is 8.42. The highest BCUT2D eigenvalue weighted by molar-refractivity contribution is 5.86. The molecule has 3 nitrogen and oxygen atoms in total. The molecule has 1 aromatic rings. The predicted molar refractivity (Wildman–Crippen MR) is 74.8 cm³/mol. The summed E-state index contributed by atoms with van der Waals surface area (Å²) in [6.45, 7) is 5.10. The van der Waals surface area contributed by atoms with Crippen LogP contribution in [0.15, 0.2) is 24.3 Å². The Balaban J connectivity index is 2.12. The molecule has 0 saturated heterocycles. The molecule has 0 saturated carbocycles. The average molecular weight is 246 g/mol. The second-order valence-corrected chi connectivity index (χ2v) is 4.88. The number of fused-ring (bicyclic) bond motifs is 1. The third-order valence-corrected chi connectivity index (χ3v) is 3.73. The van der Waals surface area contributed by atoms with Crippen molar-refractivity contribution in [3.63, 3.8) is 0 Å². The topological polar surface area (TPSA) is 41.1 Å². The molecule has 0 radical (unpaired) electrons. The summed E-state index contributed by atoms with van der Waals surface area (Å²) in [5, 5.41) is 6.51. The van der Waals surface area contributed by atoms with E-state index < -0.39 is 0 Å². The molecular formula is C15H22N2O. The van der Waals surface area contributed by atoms with Gasteiger partial charge in [-0.1, -0.05) is 32.0 Å². The van der Waals surface area contributed by atoms with Crippen molar-refractivity contribution in [2.24, 2.45) is 0 Å². The van der Waals surface area contributed by atoms with Crippen molar-refractivity contribution in [2.75, 3.05) is 11.9 Å². The first-order valence-corrected chi connectivity index (χ1v) is 6.89. The van der Waals surface area contributed by atoms with Gasteiger partial charge in [0, 0.05) is 18.3 Å². The van der Waals surface area contributed by atoms with Crippen LogP contribution in [0.3, 0.4) is 0 Å². The van der Waals surface area contributed by atoms with E-state index in [9.17, 15) is 4.79 Å². The van der Waals surface area contributed by atoms with E-state index in [-0.39, 0.29) is 11.8 Å². The Hall–Kier alpha value is -1.51. The lowest BCUT2D eigenvalue weighted by Crippen LogP contribution is -2.39. The van der Waals surface area contributed by atoms with Crippen LogP contribution in [0.25, 0.3) is 0 Å². The molecule has 2 N–H and O–H groups in total. The zero-order chi connectivity index (χ0) is 13.0. The number of nitrogens with one attached hydrogen (secondary N) is 2. The SMILES string of the molecule is CCC(CC)NC(=O)C1CCNc2ccccc21. The highest BCUT2D eigenvalue weighted by Gasteiger charge is 2.26. The Morgan fingerprint density at radius 2 is 2.11 bits per heavy atom. The van der Waals surface area contributed by atoms with Gasteiger partial charge >= 0.3 is 0 Å². The van der Waals surface area contributed by atoms with Crippen molar-refractivity contribution in [3.05, 3.63) is 29.8 Å². The lowest BCUT2D eigenvalue weighted by Gasteiger charge is -2.27. The minimum atomic E-state index is 0.00282. The smallest absolute Gasteiger partial charge is 0.227 e. The number of benzene rings is 1. The minimum absolute atomic E-state index is 0.00282. The molecule has 98 valence electrons. The van der Waals surface area contributed by atoms with Crippen molar-refractivity contribution in [1.29, 1.82) is 0 Å². The summed E-state index contributed by atoms with van der Waals surface area (Å²) in [5.74, 6) is 0.181. The summed E-state index contributed by atoms with van der Waals surface area (Å²) in [4.78, 5) is 12.4. The van der Waals surface area contributed by atoms with Crippen LogP contribution in [-0.4, -0.2) is 18.5 Å². The lowest BCUT2D eigenvalue weighted by molar-refractivity contribution is -0.123. The van der Waals surface area contributed by atoms with Gasteiger partial charge in [-0.15, -0.1) is 0 Å². The highest BCUT2D eigenvalue weighted by Crippen LogP contribution is 2.31. The highest BCUT2D eigenvalue weighted by atomic mass is 16.1. The molecular weight excluding hydrogens is 224 g/mol. The average Bonchev–Trinajstić information content (AvgIpc) is 2.43. The normalized spacial score (nSPS) is 18.1. The van der Waals surface area contributed by atoms with Gasteiger partial charge in [-0.05, 0) is 30.9 Å². The summed E-state index contributed by atoms with van der Waals surface area (Å²) >= 11 is 0. The molecule has 2 rings (SSSR count). The van der Waals surface area contributed by atoms with Gasteiger partial charge in [-0.3, -0.25) is 4.79 Å². The summed E-state index contributed by atoms with van der Waals surface area (Å²) < 4.78 is 0. The minimum Gasteiger partial charge on any atom is -0.385 e. The molecule has 1 aromatic carbocycles. The van der Waals surface area contributed by atoms with E-state index in [1.165, 1.54) is 0 Å². The van der Waals surface area contributed by atoms with Gasteiger partial charge in [0.1, 0.15) is 0 Å². The molecule has 0 spiro atoms. The summed E-state index contributed by atoms with van der Waals surface area (Å²) in [5.41, 5.74) is 2.24. The van der Waals surface area contributed by atoms with Crippen LogP contribution in [0.4, 0.5) is 5.69 Å². The molecule has 1 atom stereocenters. The fourth-order valence-electron chi connectivity index (χ4n) is 2.54. The fourth-order valence-corrected chi connectivity index (χ4v) is 2.54. The molecule has 1 unspecified atom stereocenters. The molecule has 1 heterocycles. The van der Waals surface area contributed by atoms with Gasteiger partial charge in [0.05, 0.1) is 5.92 Å². The number of rotatable bonds is 4. The van der Waals surface area contributed by atoms with Gasteiger partial charge in [0.2, 0.25) is 5.91 Å². The lowest BCUT2D eigenvalue weighted by atomic mass is 9.90. The van der Waals surface area contributed by atoms with Gasteiger partial charge in [-0.2, -0.15) is 0 Å². The van der Waals surface area contributed by atoms with E-state index in [2.05, 4.69) is 30.5 Å². The Morgan fingerprint density at radius 3 is 2.83 bits per heavy atom. The zero-order valence-corrected chi connectivity index (χ0v) is 11.2. The predicted octanol–water partition coefficient (Wildman–Crippen LogP) is 2.89. The van der Waals surface area contributed by atoms with E-state index in [1.807, 2.05) is 18.2 Å². The van der Waals surface area contributed by atoms with Crippen LogP contribution < -0.4 is 10.6 Å². The Bertz CT molecular complexity index is 413. The second-order valence-electron chi connectivity index (χ2n) is 4.88. The van der Waals surface area contributed by atoms with Crippen LogP contribution in [0.5, 0.6) is 0 Å². The summed E-state index contributed by atoms with van der Waals surface area (Å²) in [7, 11) is 0. The van der Waals surface area contributed by atoms with Crippen LogP contribution in [0.2, 0.25) is 0 Å². The summed E-state index contributed by atoms with van der Waals surface area (Å²) in [6.07, 6.45) is 2.87. The molecule has 3 heteroatoms. The molecule has 1 aliphatic heterocycles. The number of para-hydroxylation sites is 1. The van der Waals surface area contributed by atoms with Crippen LogP contribution >= 0.6 is 0 Å². The standard InChI is InChI=1S/C15H22N2O/c1-3-11(4-2)17-15(18)13-9-10-16-14-8-6-5-7-12(13)14/h5-8,11,13,16H,3-4,9-10H2,1-2H3,(H,17,18). The molecule has 1 aliphatic rings. The van der Waals surface area contributed by atoms with Gasteiger partial charge in [-0.25, -0.2) is 0 Å². The first-order chi connectivity index (χ1) is 8.76. The molecule has 0 fully saturated rings. The van der Waals surface area contributed by atoms with E-state index in [1.54, 1.807) is 0 Å². The number of carbonyl (C=O) groups is 1. The number of anilines is 1. The van der Waals surface area contributed by atoms with E-state index >= 15 is 0 Å². The van der Waals surface area contributed by atoms with Gasteiger partial charge < -0.3 is 10.6 Å². The third kappa shape index (κ3) is 2.66. The Kier molecular flexibility index (Phi) is 4.24. The van der Waals surface area contributed by atoms with E-state index in [0.717, 1.165) is 37.1 Å². The molecule has 1 amide bonds. The number of amides is 1. The first kappa shape index (κ1) is 12.9. The van der Waals surface area contributed by atoms with Crippen molar-refractivity contribution in [2.45, 2.75) is 45.1 Å². The monoisotopic (exact) mass is 246 g/mol. The Labute approximate surface area is 109 Å². The van der Waals surface area contributed by atoms with Crippen molar-refractivity contribution >= 4 is 11.6 Å². The van der Waals surface area contributed by atoms with Crippen molar-refractivity contribution < 1.29 is 4.79 Å². The fraction of sp³-hybridized carbons (Fsp3) is 0.533. The van der Waals surface area contributed by atoms with Gasteiger partial charge in [0.15, 0.2) is 0 Å². The number of carbonyl (C=O) groups excluding carboxylic acids is 1. The molecule has 0 aromatic heterocycles. The quantitative estimate of drug-likeness (QED) is 0.857. The maximum absolute atomic E-state index is 12.4. The molecule has 0 bridgehead atoms. The molecule has 18 heavy (non-hydrogen) atoms. The second kappa shape index (κ2) is 5.89. The van der Waals surface area contributed by atoms with Crippen LogP contribution in [0, 0.1) is 0 Å². The maximum Gasteiger partial charge on any atom is 0.227 e. The third-order valence-electron chi connectivity index (χ3n) is 3.73.